The zero-order valence-electron chi connectivity index (χ0n) is 14.8. The number of halogens is 1. The molecule has 8 heteroatoms. The first kappa shape index (κ1) is 17.7. The summed E-state index contributed by atoms with van der Waals surface area (Å²) in [5, 5.41) is 18.3. The largest absolute Gasteiger partial charge is 0.388 e. The summed E-state index contributed by atoms with van der Waals surface area (Å²) in [4.78, 5) is 21.8. The van der Waals surface area contributed by atoms with Gasteiger partial charge in [0.25, 0.3) is 5.56 Å². The Morgan fingerprint density at radius 1 is 1.38 bits per heavy atom. The van der Waals surface area contributed by atoms with Crippen molar-refractivity contribution in [1.29, 1.82) is 0 Å². The molecule has 0 amide bonds. The topological polar surface area (TPSA) is 92.1 Å². The maximum absolute atomic E-state index is 12.8. The fourth-order valence-corrected chi connectivity index (χ4v) is 4.34. The van der Waals surface area contributed by atoms with Crippen molar-refractivity contribution < 1.29 is 5.11 Å². The molecule has 1 saturated carbocycles. The molecule has 0 unspecified atom stereocenters. The van der Waals surface area contributed by atoms with Crippen molar-refractivity contribution >= 4 is 28.6 Å². The van der Waals surface area contributed by atoms with E-state index in [-0.39, 0.29) is 16.6 Å². The van der Waals surface area contributed by atoms with E-state index < -0.39 is 5.60 Å². The van der Waals surface area contributed by atoms with E-state index in [2.05, 4.69) is 20.6 Å². The maximum Gasteiger partial charge on any atom is 0.271 e. The lowest BCUT2D eigenvalue weighted by molar-refractivity contribution is 0.0267. The van der Waals surface area contributed by atoms with Gasteiger partial charge in [-0.05, 0) is 58.2 Å². The summed E-state index contributed by atoms with van der Waals surface area (Å²) in [6.45, 7) is 3.71. The average Bonchev–Trinajstić information content (AvgIpc) is 2.96. The number of anilines is 1. The predicted octanol–water partition coefficient (Wildman–Crippen LogP) is 2.08. The van der Waals surface area contributed by atoms with Crippen molar-refractivity contribution in [3.8, 4) is 0 Å². The van der Waals surface area contributed by atoms with Crippen molar-refractivity contribution in [3.05, 3.63) is 27.6 Å². The van der Waals surface area contributed by atoms with Gasteiger partial charge in [-0.1, -0.05) is 11.6 Å². The monoisotopic (exact) mass is 377 g/mol. The van der Waals surface area contributed by atoms with Gasteiger partial charge in [-0.15, -0.1) is 0 Å². The Kier molecular flexibility index (Phi) is 4.62. The number of nitrogens with one attached hydrogen (secondary N) is 2. The van der Waals surface area contributed by atoms with Gasteiger partial charge < -0.3 is 15.7 Å². The minimum Gasteiger partial charge on any atom is -0.388 e. The highest BCUT2D eigenvalue weighted by Gasteiger charge is 2.39. The molecule has 2 fully saturated rings. The predicted molar refractivity (Wildman–Crippen MR) is 102 cm³/mol. The number of pyridine rings is 1. The molecule has 140 valence electrons. The summed E-state index contributed by atoms with van der Waals surface area (Å²) in [6, 6.07) is 1.59. The third kappa shape index (κ3) is 3.19. The lowest BCUT2D eigenvalue weighted by Crippen LogP contribution is -2.38. The van der Waals surface area contributed by atoms with Gasteiger partial charge in [0.15, 0.2) is 0 Å². The average molecular weight is 378 g/mol. The number of hydrogen-bond donors (Lipinski definition) is 3. The first-order valence-electron chi connectivity index (χ1n) is 9.23. The van der Waals surface area contributed by atoms with E-state index in [9.17, 15) is 9.90 Å². The van der Waals surface area contributed by atoms with E-state index in [0.717, 1.165) is 38.8 Å². The summed E-state index contributed by atoms with van der Waals surface area (Å²) >= 11 is 6.17. The SMILES string of the molecule is C[C@@]1(O)CCC[C@H]1n1c(=O)c(Cl)cc2cnc(NC3CCNCC3)nc21. The van der Waals surface area contributed by atoms with Crippen LogP contribution in [0.25, 0.3) is 11.0 Å². The molecular formula is C18H24ClN5O2. The molecule has 26 heavy (non-hydrogen) atoms. The molecule has 0 aromatic carbocycles. The lowest BCUT2D eigenvalue weighted by Gasteiger charge is -2.28. The molecule has 1 aliphatic heterocycles. The van der Waals surface area contributed by atoms with Crippen molar-refractivity contribution in [2.45, 2.75) is 56.7 Å². The van der Waals surface area contributed by atoms with E-state index in [1.807, 2.05) is 0 Å². The second kappa shape index (κ2) is 6.79. The number of aromatic nitrogens is 3. The lowest BCUT2D eigenvalue weighted by atomic mass is 10.00. The Bertz CT molecular complexity index is 876. The molecule has 0 spiro atoms. The van der Waals surface area contributed by atoms with Crippen LogP contribution in [-0.4, -0.2) is 44.4 Å². The highest BCUT2D eigenvalue weighted by molar-refractivity contribution is 6.31. The zero-order chi connectivity index (χ0) is 18.3. The summed E-state index contributed by atoms with van der Waals surface area (Å²) in [5.41, 5.74) is -0.731. The van der Waals surface area contributed by atoms with Crippen LogP contribution >= 0.6 is 11.6 Å². The van der Waals surface area contributed by atoms with Crippen LogP contribution in [0.5, 0.6) is 0 Å². The molecule has 3 N–H and O–H groups in total. The minimum absolute atomic E-state index is 0.128. The van der Waals surface area contributed by atoms with Crippen LogP contribution in [0.1, 0.15) is 45.1 Å². The van der Waals surface area contributed by atoms with Gasteiger partial charge in [0, 0.05) is 17.6 Å². The van der Waals surface area contributed by atoms with E-state index in [1.165, 1.54) is 0 Å². The molecule has 7 nitrogen and oxygen atoms in total. The van der Waals surface area contributed by atoms with Gasteiger partial charge in [-0.25, -0.2) is 4.98 Å². The van der Waals surface area contributed by atoms with E-state index in [4.69, 9.17) is 11.6 Å². The van der Waals surface area contributed by atoms with Crippen LogP contribution in [-0.2, 0) is 0 Å². The fourth-order valence-electron chi connectivity index (χ4n) is 4.13. The van der Waals surface area contributed by atoms with Crippen molar-refractivity contribution in [1.82, 2.24) is 19.9 Å². The number of piperidine rings is 1. The number of rotatable bonds is 3. The highest BCUT2D eigenvalue weighted by Crippen LogP contribution is 2.39. The number of hydrogen-bond acceptors (Lipinski definition) is 6. The second-order valence-electron chi connectivity index (χ2n) is 7.57. The fraction of sp³-hybridized carbons (Fsp3) is 0.611. The molecular weight excluding hydrogens is 354 g/mol. The van der Waals surface area contributed by atoms with Crippen LogP contribution in [0.3, 0.4) is 0 Å². The number of aliphatic hydroxyl groups is 1. The van der Waals surface area contributed by atoms with Gasteiger partial charge >= 0.3 is 0 Å². The molecule has 2 aromatic heterocycles. The van der Waals surface area contributed by atoms with Crippen molar-refractivity contribution in [2.24, 2.45) is 0 Å². The van der Waals surface area contributed by atoms with Crippen molar-refractivity contribution in [2.75, 3.05) is 18.4 Å². The summed E-state index contributed by atoms with van der Waals surface area (Å²) in [5.74, 6) is 0.512. The van der Waals surface area contributed by atoms with Crippen LogP contribution in [0.4, 0.5) is 5.95 Å². The Hall–Kier alpha value is -1.70. The first-order chi connectivity index (χ1) is 12.5. The van der Waals surface area contributed by atoms with Crippen LogP contribution < -0.4 is 16.2 Å². The first-order valence-corrected chi connectivity index (χ1v) is 9.61. The van der Waals surface area contributed by atoms with Crippen LogP contribution in [0.2, 0.25) is 5.02 Å². The van der Waals surface area contributed by atoms with Gasteiger partial charge in [0.05, 0.1) is 11.6 Å². The van der Waals surface area contributed by atoms with Gasteiger partial charge in [0.1, 0.15) is 10.7 Å². The van der Waals surface area contributed by atoms with Crippen LogP contribution in [0.15, 0.2) is 17.1 Å². The summed E-state index contributed by atoms with van der Waals surface area (Å²) in [6.07, 6.45) is 5.95. The number of fused-ring (bicyclic) bond motifs is 1. The quantitative estimate of drug-likeness (QED) is 0.758. The molecule has 2 atom stereocenters. The molecule has 4 rings (SSSR count). The van der Waals surface area contributed by atoms with E-state index in [0.29, 0.717) is 29.4 Å². The number of nitrogens with zero attached hydrogens (tertiary/aromatic N) is 3. The van der Waals surface area contributed by atoms with Crippen LogP contribution in [0, 0.1) is 0 Å². The van der Waals surface area contributed by atoms with Crippen molar-refractivity contribution in [3.63, 3.8) is 0 Å². The Labute approximate surface area is 156 Å². The molecule has 0 bridgehead atoms. The Morgan fingerprint density at radius 3 is 2.85 bits per heavy atom. The van der Waals surface area contributed by atoms with Gasteiger partial charge in [0.2, 0.25) is 5.95 Å². The molecule has 1 saturated heterocycles. The van der Waals surface area contributed by atoms with Gasteiger partial charge in [-0.2, -0.15) is 4.98 Å². The van der Waals surface area contributed by atoms with E-state index in [1.54, 1.807) is 23.8 Å². The zero-order valence-corrected chi connectivity index (χ0v) is 15.6. The Morgan fingerprint density at radius 2 is 2.15 bits per heavy atom. The minimum atomic E-state index is -0.949. The standard InChI is InChI=1S/C18H24ClN5O2/c1-18(26)6-2-3-14(18)24-15-11(9-13(19)16(24)25)10-21-17(23-15)22-12-4-7-20-8-5-12/h9-10,12,14,20,26H,2-8H2,1H3,(H,21,22,23)/t14-,18-/m1/s1. The molecule has 3 heterocycles. The third-order valence-electron chi connectivity index (χ3n) is 5.59. The highest BCUT2D eigenvalue weighted by atomic mass is 35.5. The Balaban J connectivity index is 1.79. The summed E-state index contributed by atoms with van der Waals surface area (Å²) < 4.78 is 1.57. The van der Waals surface area contributed by atoms with E-state index >= 15 is 0 Å². The third-order valence-corrected chi connectivity index (χ3v) is 5.86. The smallest absolute Gasteiger partial charge is 0.271 e. The molecule has 2 aliphatic rings. The second-order valence-corrected chi connectivity index (χ2v) is 7.98. The molecule has 0 radical (unpaired) electrons. The van der Waals surface area contributed by atoms with Gasteiger partial charge in [-0.3, -0.25) is 9.36 Å². The summed E-state index contributed by atoms with van der Waals surface area (Å²) in [7, 11) is 0. The normalized spacial score (nSPS) is 27.1. The maximum atomic E-state index is 12.8. The molecule has 2 aromatic rings. The molecule has 1 aliphatic carbocycles.